The molecule has 0 bridgehead atoms. The lowest BCUT2D eigenvalue weighted by Crippen LogP contribution is -2.09. The van der Waals surface area contributed by atoms with E-state index >= 15 is 0 Å². The Morgan fingerprint density at radius 2 is 2.07 bits per heavy atom. The molecule has 27 heavy (non-hydrogen) atoms. The molecule has 0 radical (unpaired) electrons. The number of pyridine rings is 1. The smallest absolute Gasteiger partial charge is 0.344 e. The normalized spacial score (nSPS) is 18.1. The van der Waals surface area contributed by atoms with Gasteiger partial charge < -0.3 is 14.5 Å². The Labute approximate surface area is 155 Å². The average Bonchev–Trinajstić information content (AvgIpc) is 3.47. The van der Waals surface area contributed by atoms with E-state index in [0.717, 1.165) is 17.9 Å². The first-order chi connectivity index (χ1) is 13.1. The second-order valence-electron chi connectivity index (χ2n) is 6.48. The zero-order valence-corrected chi connectivity index (χ0v) is 15.0. The fourth-order valence-electron chi connectivity index (χ4n) is 2.96. The maximum absolute atomic E-state index is 11.2. The molecule has 8 heteroatoms. The van der Waals surface area contributed by atoms with Crippen LogP contribution < -0.4 is 15.2 Å². The van der Waals surface area contributed by atoms with Crippen molar-refractivity contribution in [3.63, 3.8) is 0 Å². The van der Waals surface area contributed by atoms with Crippen molar-refractivity contribution in [2.24, 2.45) is 5.92 Å². The summed E-state index contributed by atoms with van der Waals surface area (Å²) in [6.07, 6.45) is 7.51. The highest BCUT2D eigenvalue weighted by atomic mass is 16.5. The van der Waals surface area contributed by atoms with Crippen molar-refractivity contribution in [3.05, 3.63) is 58.9 Å². The first-order valence-electron chi connectivity index (χ1n) is 8.65. The molecular formula is C19H19N5O3. The summed E-state index contributed by atoms with van der Waals surface area (Å²) in [6, 6.07) is 3.92. The highest BCUT2D eigenvalue weighted by molar-refractivity contribution is 5.65. The molecule has 0 aromatic carbocycles. The van der Waals surface area contributed by atoms with Gasteiger partial charge in [0.15, 0.2) is 0 Å². The molecule has 138 valence electrons. The first-order valence-corrected chi connectivity index (χ1v) is 8.65. The van der Waals surface area contributed by atoms with Crippen molar-refractivity contribution in [2.45, 2.75) is 19.3 Å². The Morgan fingerprint density at radius 3 is 2.78 bits per heavy atom. The number of ether oxygens (including phenoxy) is 2. The van der Waals surface area contributed by atoms with Crippen LogP contribution in [0.25, 0.3) is 11.1 Å². The molecule has 3 heterocycles. The third kappa shape index (κ3) is 3.79. The molecule has 2 atom stereocenters. The minimum Gasteiger partial charge on any atom is -0.495 e. The molecule has 3 aromatic rings. The van der Waals surface area contributed by atoms with Gasteiger partial charge in [0, 0.05) is 41.7 Å². The van der Waals surface area contributed by atoms with Crippen molar-refractivity contribution < 1.29 is 9.47 Å². The summed E-state index contributed by atoms with van der Waals surface area (Å²) in [4.78, 5) is 30.6. The molecule has 0 aliphatic heterocycles. The van der Waals surface area contributed by atoms with Gasteiger partial charge in [-0.05, 0) is 25.5 Å². The van der Waals surface area contributed by atoms with E-state index in [0.29, 0.717) is 41.3 Å². The summed E-state index contributed by atoms with van der Waals surface area (Å²) < 4.78 is 11.1. The summed E-state index contributed by atoms with van der Waals surface area (Å²) in [5.74, 6) is 2.64. The van der Waals surface area contributed by atoms with Gasteiger partial charge in [-0.25, -0.2) is 14.8 Å². The zero-order valence-electron chi connectivity index (χ0n) is 15.0. The van der Waals surface area contributed by atoms with Crippen molar-refractivity contribution in [2.75, 3.05) is 13.7 Å². The Hall–Kier alpha value is -3.29. The monoisotopic (exact) mass is 365 g/mol. The van der Waals surface area contributed by atoms with Crippen LogP contribution in [0.2, 0.25) is 0 Å². The molecule has 1 N–H and O–H groups in total. The van der Waals surface area contributed by atoms with Gasteiger partial charge in [0.2, 0.25) is 5.88 Å². The largest absolute Gasteiger partial charge is 0.495 e. The molecule has 0 saturated heterocycles. The van der Waals surface area contributed by atoms with Gasteiger partial charge in [-0.3, -0.25) is 4.98 Å². The van der Waals surface area contributed by atoms with Crippen LogP contribution in [-0.4, -0.2) is 38.6 Å². The Morgan fingerprint density at radius 1 is 1.19 bits per heavy atom. The molecule has 3 aromatic heterocycles. The highest BCUT2D eigenvalue weighted by Gasteiger charge is 2.40. The van der Waals surface area contributed by atoms with Crippen LogP contribution in [0.15, 0.2) is 41.7 Å². The summed E-state index contributed by atoms with van der Waals surface area (Å²) in [6.45, 7) is 2.35. The first kappa shape index (κ1) is 17.1. The number of aromatic nitrogens is 5. The molecule has 1 fully saturated rings. The van der Waals surface area contributed by atoms with Crippen molar-refractivity contribution in [1.29, 1.82) is 0 Å². The number of methoxy groups -OCH3 is 1. The zero-order chi connectivity index (χ0) is 18.8. The van der Waals surface area contributed by atoms with Crippen LogP contribution in [0.4, 0.5) is 0 Å². The number of aromatic amines is 1. The Bertz CT molecular complexity index is 982. The number of nitrogens with one attached hydrogen (secondary N) is 1. The SMILES string of the molecule is COc1ccc([C@@H]2CC2COc2nc(C)ncc2-c2cnc(=O)[nH]c2)nc1. The van der Waals surface area contributed by atoms with Crippen LogP contribution in [-0.2, 0) is 0 Å². The van der Waals surface area contributed by atoms with E-state index in [1.54, 1.807) is 25.7 Å². The lowest BCUT2D eigenvalue weighted by Gasteiger charge is -2.10. The third-order valence-corrected chi connectivity index (χ3v) is 4.59. The second-order valence-corrected chi connectivity index (χ2v) is 6.48. The van der Waals surface area contributed by atoms with Crippen LogP contribution in [0.3, 0.4) is 0 Å². The molecule has 1 saturated carbocycles. The van der Waals surface area contributed by atoms with Gasteiger partial charge in [-0.15, -0.1) is 0 Å². The third-order valence-electron chi connectivity index (χ3n) is 4.59. The molecule has 1 unspecified atom stereocenters. The predicted octanol–water partition coefficient (Wildman–Crippen LogP) is 2.12. The molecule has 1 aliphatic carbocycles. The predicted molar refractivity (Wildman–Crippen MR) is 97.8 cm³/mol. The van der Waals surface area contributed by atoms with E-state index < -0.39 is 5.69 Å². The van der Waals surface area contributed by atoms with E-state index in [2.05, 4.69) is 24.9 Å². The maximum Gasteiger partial charge on any atom is 0.344 e. The molecule has 0 spiro atoms. The summed E-state index contributed by atoms with van der Waals surface area (Å²) in [7, 11) is 1.63. The van der Waals surface area contributed by atoms with Gasteiger partial charge in [-0.1, -0.05) is 0 Å². The number of H-pyrrole nitrogens is 1. The van der Waals surface area contributed by atoms with Crippen LogP contribution in [0.5, 0.6) is 11.6 Å². The minimum atomic E-state index is -0.401. The van der Waals surface area contributed by atoms with Crippen LogP contribution >= 0.6 is 0 Å². The standard InChI is InChI=1S/C19H19N5O3/c1-11-20-9-16(13-6-22-19(25)23-7-13)18(24-11)27-10-12-5-15(12)17-4-3-14(26-2)8-21-17/h3-4,6-9,12,15H,5,10H2,1-2H3,(H,22,23,25)/t12?,15-/m1/s1. The summed E-state index contributed by atoms with van der Waals surface area (Å²) >= 11 is 0. The van der Waals surface area contributed by atoms with Gasteiger partial charge in [-0.2, -0.15) is 4.98 Å². The molecule has 0 amide bonds. The molecular weight excluding hydrogens is 346 g/mol. The minimum absolute atomic E-state index is 0.386. The van der Waals surface area contributed by atoms with Gasteiger partial charge in [0.25, 0.3) is 0 Å². The topological polar surface area (TPSA) is 103 Å². The molecule has 4 rings (SSSR count). The van der Waals surface area contributed by atoms with E-state index in [-0.39, 0.29) is 0 Å². The van der Waals surface area contributed by atoms with Gasteiger partial charge >= 0.3 is 5.69 Å². The van der Waals surface area contributed by atoms with Crippen LogP contribution in [0, 0.1) is 12.8 Å². The highest BCUT2D eigenvalue weighted by Crippen LogP contribution is 2.47. The Balaban J connectivity index is 1.46. The molecule has 1 aliphatic rings. The second kappa shape index (κ2) is 7.14. The van der Waals surface area contributed by atoms with Crippen molar-refractivity contribution >= 4 is 0 Å². The number of hydrogen-bond donors (Lipinski definition) is 1. The number of nitrogens with zero attached hydrogens (tertiary/aromatic N) is 4. The van der Waals surface area contributed by atoms with Gasteiger partial charge in [0.05, 0.1) is 25.5 Å². The summed E-state index contributed by atoms with van der Waals surface area (Å²) in [5.41, 5.74) is 2.05. The number of aryl methyl sites for hydroxylation is 1. The maximum atomic E-state index is 11.2. The summed E-state index contributed by atoms with van der Waals surface area (Å²) in [5, 5.41) is 0. The van der Waals surface area contributed by atoms with E-state index in [4.69, 9.17) is 9.47 Å². The van der Waals surface area contributed by atoms with E-state index in [1.165, 1.54) is 6.20 Å². The fourth-order valence-corrected chi connectivity index (χ4v) is 2.96. The van der Waals surface area contributed by atoms with Gasteiger partial charge in [0.1, 0.15) is 11.6 Å². The fraction of sp³-hybridized carbons (Fsp3) is 0.316. The van der Waals surface area contributed by atoms with E-state index in [1.807, 2.05) is 19.1 Å². The quantitative estimate of drug-likeness (QED) is 0.713. The van der Waals surface area contributed by atoms with E-state index in [9.17, 15) is 4.79 Å². The lowest BCUT2D eigenvalue weighted by molar-refractivity contribution is 0.285. The number of rotatable bonds is 6. The lowest BCUT2D eigenvalue weighted by atomic mass is 10.2. The van der Waals surface area contributed by atoms with Crippen LogP contribution in [0.1, 0.15) is 23.9 Å². The van der Waals surface area contributed by atoms with Crippen molar-refractivity contribution in [1.82, 2.24) is 24.9 Å². The van der Waals surface area contributed by atoms with Crippen molar-refractivity contribution in [3.8, 4) is 22.8 Å². The average molecular weight is 365 g/mol. The molecule has 8 nitrogen and oxygen atoms in total. The Kier molecular flexibility index (Phi) is 4.53. The number of hydrogen-bond acceptors (Lipinski definition) is 7.